The quantitative estimate of drug-likeness (QED) is 0.778. The number of pyridine rings is 1. The number of carbonyl (C=O) groups is 1. The molecule has 0 aromatic carbocycles. The van der Waals surface area contributed by atoms with Crippen LogP contribution >= 0.6 is 0 Å². The van der Waals surface area contributed by atoms with Crippen LogP contribution in [0.5, 0.6) is 0 Å². The van der Waals surface area contributed by atoms with Crippen molar-refractivity contribution in [1.29, 1.82) is 0 Å². The van der Waals surface area contributed by atoms with Crippen LogP contribution in [0.15, 0.2) is 12.3 Å². The van der Waals surface area contributed by atoms with E-state index in [0.29, 0.717) is 18.8 Å². The highest BCUT2D eigenvalue weighted by Crippen LogP contribution is 2.33. The second-order valence-electron chi connectivity index (χ2n) is 5.78. The molecule has 0 amide bonds. The number of carboxylic acids is 1. The van der Waals surface area contributed by atoms with Gasteiger partial charge in [0, 0.05) is 6.54 Å². The van der Waals surface area contributed by atoms with E-state index in [2.05, 4.69) is 17.2 Å². The number of halogens is 1. The molecule has 3 N–H and O–H groups in total. The van der Waals surface area contributed by atoms with E-state index in [1.165, 1.54) is 0 Å². The summed E-state index contributed by atoms with van der Waals surface area (Å²) in [6.45, 7) is 2.37. The minimum Gasteiger partial charge on any atom is -0.478 e. The van der Waals surface area contributed by atoms with Crippen LogP contribution in [0.25, 0.3) is 0 Å². The molecule has 1 aromatic rings. The molecule has 21 heavy (non-hydrogen) atoms. The average molecular weight is 296 g/mol. The number of nitrogens with one attached hydrogen (secondary N) is 1. The fraction of sp³-hybridized carbons (Fsp3) is 0.600. The zero-order chi connectivity index (χ0) is 15.5. The summed E-state index contributed by atoms with van der Waals surface area (Å²) < 4.78 is 13.1. The SMILES string of the molecule is CCC1CCC(O)(CNc2ncc(F)cc2C(=O)O)CC1. The van der Waals surface area contributed by atoms with Gasteiger partial charge < -0.3 is 15.5 Å². The first kappa shape index (κ1) is 15.7. The fourth-order valence-corrected chi connectivity index (χ4v) is 2.79. The molecule has 116 valence electrons. The van der Waals surface area contributed by atoms with Crippen LogP contribution in [0.4, 0.5) is 10.2 Å². The highest BCUT2D eigenvalue weighted by atomic mass is 19.1. The predicted molar refractivity (Wildman–Crippen MR) is 76.8 cm³/mol. The molecular formula is C15H21FN2O3. The van der Waals surface area contributed by atoms with Gasteiger partial charge >= 0.3 is 5.97 Å². The fourth-order valence-electron chi connectivity index (χ4n) is 2.79. The zero-order valence-electron chi connectivity index (χ0n) is 12.1. The van der Waals surface area contributed by atoms with Crippen molar-refractivity contribution >= 4 is 11.8 Å². The van der Waals surface area contributed by atoms with E-state index in [0.717, 1.165) is 31.5 Å². The summed E-state index contributed by atoms with van der Waals surface area (Å²) in [4.78, 5) is 14.8. The summed E-state index contributed by atoms with van der Waals surface area (Å²) in [7, 11) is 0. The van der Waals surface area contributed by atoms with E-state index < -0.39 is 17.4 Å². The number of aromatic nitrogens is 1. The Morgan fingerprint density at radius 2 is 2.19 bits per heavy atom. The van der Waals surface area contributed by atoms with Gasteiger partial charge in [-0.1, -0.05) is 13.3 Å². The number of nitrogens with zero attached hydrogens (tertiary/aromatic N) is 1. The number of rotatable bonds is 5. The average Bonchev–Trinajstić information content (AvgIpc) is 2.47. The normalized spacial score (nSPS) is 25.6. The van der Waals surface area contributed by atoms with Crippen LogP contribution in [0.1, 0.15) is 49.4 Å². The third kappa shape index (κ3) is 3.91. The third-order valence-corrected chi connectivity index (χ3v) is 4.28. The number of hydrogen-bond acceptors (Lipinski definition) is 4. The van der Waals surface area contributed by atoms with Gasteiger partial charge in [0.2, 0.25) is 0 Å². The van der Waals surface area contributed by atoms with Crippen LogP contribution in [0, 0.1) is 11.7 Å². The third-order valence-electron chi connectivity index (χ3n) is 4.28. The molecule has 1 aliphatic carbocycles. The molecule has 0 atom stereocenters. The van der Waals surface area contributed by atoms with Crippen molar-refractivity contribution in [1.82, 2.24) is 4.98 Å². The van der Waals surface area contributed by atoms with Gasteiger partial charge in [-0.3, -0.25) is 0 Å². The first-order valence-electron chi connectivity index (χ1n) is 7.28. The van der Waals surface area contributed by atoms with Crippen molar-refractivity contribution in [3.63, 3.8) is 0 Å². The molecule has 0 unspecified atom stereocenters. The lowest BCUT2D eigenvalue weighted by Gasteiger charge is -2.36. The second-order valence-corrected chi connectivity index (χ2v) is 5.78. The van der Waals surface area contributed by atoms with E-state index in [-0.39, 0.29) is 17.9 Å². The molecule has 2 rings (SSSR count). The largest absolute Gasteiger partial charge is 0.478 e. The monoisotopic (exact) mass is 296 g/mol. The minimum atomic E-state index is -1.24. The Balaban J connectivity index is 2.01. The Morgan fingerprint density at radius 3 is 2.76 bits per heavy atom. The van der Waals surface area contributed by atoms with E-state index in [9.17, 15) is 14.3 Å². The Kier molecular flexibility index (Phi) is 4.77. The molecule has 6 heteroatoms. The zero-order valence-corrected chi connectivity index (χ0v) is 12.1. The van der Waals surface area contributed by atoms with Crippen molar-refractivity contribution in [2.45, 2.75) is 44.6 Å². The molecule has 5 nitrogen and oxygen atoms in total. The van der Waals surface area contributed by atoms with Gasteiger partial charge in [0.15, 0.2) is 0 Å². The topological polar surface area (TPSA) is 82.5 Å². The maximum absolute atomic E-state index is 13.1. The Morgan fingerprint density at radius 1 is 1.52 bits per heavy atom. The van der Waals surface area contributed by atoms with Gasteiger partial charge in [-0.25, -0.2) is 14.2 Å². The highest BCUT2D eigenvalue weighted by molar-refractivity contribution is 5.93. The van der Waals surface area contributed by atoms with E-state index in [1.807, 2.05) is 0 Å². The lowest BCUT2D eigenvalue weighted by molar-refractivity contribution is 0.00218. The first-order chi connectivity index (χ1) is 9.93. The van der Waals surface area contributed by atoms with Gasteiger partial charge in [0.1, 0.15) is 17.2 Å². The van der Waals surface area contributed by atoms with Gasteiger partial charge in [-0.2, -0.15) is 0 Å². The van der Waals surface area contributed by atoms with Crippen molar-refractivity contribution in [3.8, 4) is 0 Å². The molecule has 1 aliphatic rings. The molecule has 0 bridgehead atoms. The number of anilines is 1. The van der Waals surface area contributed by atoms with E-state index in [1.54, 1.807) is 0 Å². The molecule has 0 aliphatic heterocycles. The van der Waals surface area contributed by atoms with Crippen molar-refractivity contribution in [2.75, 3.05) is 11.9 Å². The Bertz CT molecular complexity index is 514. The lowest BCUT2D eigenvalue weighted by atomic mass is 9.78. The molecule has 1 fully saturated rings. The van der Waals surface area contributed by atoms with E-state index >= 15 is 0 Å². The number of carboxylic acid groups (broad SMARTS) is 1. The minimum absolute atomic E-state index is 0.0925. The predicted octanol–water partition coefficient (Wildman–Crippen LogP) is 2.66. The highest BCUT2D eigenvalue weighted by Gasteiger charge is 2.32. The second kappa shape index (κ2) is 6.39. The molecule has 1 saturated carbocycles. The van der Waals surface area contributed by atoms with Crippen LogP contribution in [0.2, 0.25) is 0 Å². The van der Waals surface area contributed by atoms with Crippen LogP contribution in [0.3, 0.4) is 0 Å². The number of aromatic carboxylic acids is 1. The van der Waals surface area contributed by atoms with Crippen LogP contribution in [-0.2, 0) is 0 Å². The lowest BCUT2D eigenvalue weighted by Crippen LogP contribution is -2.40. The molecule has 1 heterocycles. The van der Waals surface area contributed by atoms with Gasteiger partial charge in [0.25, 0.3) is 0 Å². The molecule has 0 saturated heterocycles. The maximum Gasteiger partial charge on any atom is 0.339 e. The standard InChI is InChI=1S/C15H21FN2O3/c1-2-10-3-5-15(21,6-4-10)9-18-13-12(14(19)20)7-11(16)8-17-13/h7-8,10,21H,2-6,9H2,1H3,(H,17,18)(H,19,20). The molecule has 0 radical (unpaired) electrons. The van der Waals surface area contributed by atoms with Gasteiger partial charge in [0.05, 0.1) is 11.8 Å². The Labute approximate surface area is 123 Å². The smallest absolute Gasteiger partial charge is 0.339 e. The summed E-state index contributed by atoms with van der Waals surface area (Å²) in [6.07, 6.45) is 5.39. The maximum atomic E-state index is 13.1. The number of hydrogen-bond donors (Lipinski definition) is 3. The summed E-state index contributed by atoms with van der Waals surface area (Å²) >= 11 is 0. The first-order valence-corrected chi connectivity index (χ1v) is 7.28. The van der Waals surface area contributed by atoms with Crippen LogP contribution < -0.4 is 5.32 Å². The molecule has 0 spiro atoms. The molecule has 1 aromatic heterocycles. The Hall–Kier alpha value is -1.69. The van der Waals surface area contributed by atoms with Crippen molar-refractivity contribution < 1.29 is 19.4 Å². The van der Waals surface area contributed by atoms with E-state index in [4.69, 9.17) is 5.11 Å². The summed E-state index contributed by atoms with van der Waals surface area (Å²) in [5, 5.41) is 22.4. The van der Waals surface area contributed by atoms with Crippen LogP contribution in [-0.4, -0.2) is 33.3 Å². The van der Waals surface area contributed by atoms with Crippen molar-refractivity contribution in [2.24, 2.45) is 5.92 Å². The number of aliphatic hydroxyl groups is 1. The summed E-state index contributed by atoms with van der Waals surface area (Å²) in [5.41, 5.74) is -1.07. The summed E-state index contributed by atoms with van der Waals surface area (Å²) in [6, 6.07) is 0.926. The summed E-state index contributed by atoms with van der Waals surface area (Å²) in [5.74, 6) is -1.19. The van der Waals surface area contributed by atoms with Crippen molar-refractivity contribution in [3.05, 3.63) is 23.6 Å². The van der Waals surface area contributed by atoms with Gasteiger partial charge in [-0.15, -0.1) is 0 Å². The molecular weight excluding hydrogens is 275 g/mol. The van der Waals surface area contributed by atoms with Gasteiger partial charge in [-0.05, 0) is 37.7 Å².